The number of benzene rings is 1. The van der Waals surface area contributed by atoms with Crippen LogP contribution in [0.5, 0.6) is 0 Å². The summed E-state index contributed by atoms with van der Waals surface area (Å²) in [6.07, 6.45) is 2.30. The Kier molecular flexibility index (Phi) is 3.39. The van der Waals surface area contributed by atoms with Gasteiger partial charge >= 0.3 is 0 Å². The first kappa shape index (κ1) is 13.4. The Hall–Kier alpha value is -1.60. The lowest BCUT2D eigenvalue weighted by Gasteiger charge is -2.05. The Bertz CT molecular complexity index is 721. The van der Waals surface area contributed by atoms with Crippen molar-refractivity contribution in [2.75, 3.05) is 10.5 Å². The highest BCUT2D eigenvalue weighted by Gasteiger charge is 2.26. The molecule has 3 rings (SSSR count). The van der Waals surface area contributed by atoms with Gasteiger partial charge in [-0.1, -0.05) is 12.1 Å². The van der Waals surface area contributed by atoms with Crippen LogP contribution in [0.3, 0.4) is 0 Å². The lowest BCUT2D eigenvalue weighted by atomic mass is 10.2. The zero-order valence-electron chi connectivity index (χ0n) is 10.7. The van der Waals surface area contributed by atoms with E-state index in [0.717, 1.165) is 18.5 Å². The van der Waals surface area contributed by atoms with Crippen LogP contribution in [0.1, 0.15) is 30.0 Å². The van der Waals surface area contributed by atoms with E-state index in [2.05, 4.69) is 9.71 Å². The first-order valence-electron chi connectivity index (χ1n) is 6.32. The van der Waals surface area contributed by atoms with Gasteiger partial charge in [-0.15, -0.1) is 11.3 Å². The van der Waals surface area contributed by atoms with Crippen LogP contribution in [-0.4, -0.2) is 13.4 Å². The molecule has 106 valence electrons. The van der Waals surface area contributed by atoms with Crippen molar-refractivity contribution < 1.29 is 8.42 Å². The standard InChI is InChI=1S/C13H15N3O2S2/c14-11-3-1-2-9(6-11)8-20(17,18)16-13-15-12(7-19-13)10-4-5-10/h1-3,6-7,10H,4-5,8,14H2,(H,15,16). The molecule has 1 saturated carbocycles. The van der Waals surface area contributed by atoms with Crippen LogP contribution in [0, 0.1) is 0 Å². The van der Waals surface area contributed by atoms with E-state index < -0.39 is 10.0 Å². The number of thiazole rings is 1. The number of hydrogen-bond donors (Lipinski definition) is 2. The Labute approximate surface area is 121 Å². The van der Waals surface area contributed by atoms with Gasteiger partial charge in [-0.05, 0) is 30.5 Å². The van der Waals surface area contributed by atoms with E-state index in [1.165, 1.54) is 11.3 Å². The average molecular weight is 309 g/mol. The minimum absolute atomic E-state index is 0.101. The Morgan fingerprint density at radius 3 is 2.90 bits per heavy atom. The zero-order valence-corrected chi connectivity index (χ0v) is 12.4. The highest BCUT2D eigenvalue weighted by molar-refractivity contribution is 7.92. The van der Waals surface area contributed by atoms with Crippen LogP contribution in [0.25, 0.3) is 0 Å². The van der Waals surface area contributed by atoms with Gasteiger partial charge in [-0.2, -0.15) is 0 Å². The third-order valence-electron chi connectivity index (χ3n) is 3.07. The van der Waals surface area contributed by atoms with Gasteiger partial charge in [0.1, 0.15) is 0 Å². The van der Waals surface area contributed by atoms with Crippen LogP contribution in [-0.2, 0) is 15.8 Å². The van der Waals surface area contributed by atoms with Gasteiger partial charge in [0.2, 0.25) is 10.0 Å². The number of sulfonamides is 1. The van der Waals surface area contributed by atoms with Gasteiger partial charge < -0.3 is 5.73 Å². The summed E-state index contributed by atoms with van der Waals surface area (Å²) in [7, 11) is -3.45. The van der Waals surface area contributed by atoms with Crippen LogP contribution in [0.4, 0.5) is 10.8 Å². The smallest absolute Gasteiger partial charge is 0.238 e. The van der Waals surface area contributed by atoms with E-state index in [1.54, 1.807) is 24.3 Å². The first-order chi connectivity index (χ1) is 9.52. The predicted molar refractivity (Wildman–Crippen MR) is 81.2 cm³/mol. The van der Waals surface area contributed by atoms with E-state index in [4.69, 9.17) is 5.73 Å². The van der Waals surface area contributed by atoms with Crippen molar-refractivity contribution >= 4 is 32.2 Å². The molecule has 0 radical (unpaired) electrons. The Morgan fingerprint density at radius 2 is 2.20 bits per heavy atom. The Morgan fingerprint density at radius 1 is 1.40 bits per heavy atom. The molecule has 2 aromatic rings. The summed E-state index contributed by atoms with van der Waals surface area (Å²) in [5.74, 6) is 0.426. The van der Waals surface area contributed by atoms with Gasteiger partial charge in [0.15, 0.2) is 5.13 Å². The highest BCUT2D eigenvalue weighted by atomic mass is 32.2. The maximum absolute atomic E-state index is 12.1. The van der Waals surface area contributed by atoms with Crippen molar-refractivity contribution in [1.29, 1.82) is 0 Å². The summed E-state index contributed by atoms with van der Waals surface area (Å²) < 4.78 is 26.7. The third-order valence-corrected chi connectivity index (χ3v) is 5.19. The molecule has 1 aliphatic carbocycles. The van der Waals surface area contributed by atoms with Crippen molar-refractivity contribution in [2.45, 2.75) is 24.5 Å². The number of nitrogens with zero attached hydrogens (tertiary/aromatic N) is 1. The fourth-order valence-electron chi connectivity index (χ4n) is 1.97. The number of anilines is 2. The number of nitrogen functional groups attached to an aromatic ring is 1. The second-order valence-electron chi connectivity index (χ2n) is 4.96. The van der Waals surface area contributed by atoms with Crippen molar-refractivity contribution in [2.24, 2.45) is 0 Å². The third kappa shape index (κ3) is 3.29. The van der Waals surface area contributed by atoms with Gasteiger partial charge in [-0.3, -0.25) is 4.72 Å². The molecular weight excluding hydrogens is 294 g/mol. The van der Waals surface area contributed by atoms with E-state index in [-0.39, 0.29) is 5.75 Å². The van der Waals surface area contributed by atoms with Crippen molar-refractivity contribution in [1.82, 2.24) is 4.98 Å². The minimum atomic E-state index is -3.45. The molecule has 3 N–H and O–H groups in total. The van der Waals surface area contributed by atoms with Crippen LogP contribution in [0.2, 0.25) is 0 Å². The quantitative estimate of drug-likeness (QED) is 0.831. The van der Waals surface area contributed by atoms with E-state index in [0.29, 0.717) is 22.3 Å². The lowest BCUT2D eigenvalue weighted by Crippen LogP contribution is -2.15. The molecule has 1 fully saturated rings. The monoisotopic (exact) mass is 309 g/mol. The molecule has 0 amide bonds. The molecule has 0 unspecified atom stereocenters. The Balaban J connectivity index is 1.71. The fraction of sp³-hybridized carbons (Fsp3) is 0.308. The summed E-state index contributed by atoms with van der Waals surface area (Å²) >= 11 is 1.33. The van der Waals surface area contributed by atoms with Crippen LogP contribution in [0.15, 0.2) is 29.6 Å². The lowest BCUT2D eigenvalue weighted by molar-refractivity contribution is 0.600. The predicted octanol–water partition coefficient (Wildman–Crippen LogP) is 2.54. The molecule has 7 heteroatoms. The molecule has 1 aromatic carbocycles. The topological polar surface area (TPSA) is 85.1 Å². The SMILES string of the molecule is Nc1cccc(CS(=O)(=O)Nc2nc(C3CC3)cs2)c1. The fourth-order valence-corrected chi connectivity index (χ4v) is 4.18. The molecule has 0 aliphatic heterocycles. The number of nitrogens with two attached hydrogens (primary N) is 1. The van der Waals surface area contributed by atoms with Crippen molar-refractivity contribution in [3.8, 4) is 0 Å². The van der Waals surface area contributed by atoms with E-state index in [1.807, 2.05) is 5.38 Å². The molecule has 0 bridgehead atoms. The molecule has 1 aliphatic rings. The summed E-state index contributed by atoms with van der Waals surface area (Å²) in [5.41, 5.74) is 7.87. The molecule has 0 atom stereocenters. The number of rotatable bonds is 5. The van der Waals surface area contributed by atoms with Gasteiger partial charge in [0, 0.05) is 17.0 Å². The number of nitrogens with one attached hydrogen (secondary N) is 1. The molecule has 0 spiro atoms. The maximum atomic E-state index is 12.1. The van der Waals surface area contributed by atoms with Gasteiger partial charge in [0.05, 0.1) is 11.4 Å². The summed E-state index contributed by atoms with van der Waals surface area (Å²) in [6.45, 7) is 0. The molecule has 5 nitrogen and oxygen atoms in total. The average Bonchev–Trinajstić information content (AvgIpc) is 3.10. The highest BCUT2D eigenvalue weighted by Crippen LogP contribution is 2.41. The number of hydrogen-bond acceptors (Lipinski definition) is 5. The van der Waals surface area contributed by atoms with Gasteiger partial charge in [0.25, 0.3) is 0 Å². The van der Waals surface area contributed by atoms with E-state index >= 15 is 0 Å². The number of aromatic nitrogens is 1. The molecular formula is C13H15N3O2S2. The minimum Gasteiger partial charge on any atom is -0.399 e. The van der Waals surface area contributed by atoms with Crippen LogP contribution >= 0.6 is 11.3 Å². The maximum Gasteiger partial charge on any atom is 0.238 e. The van der Waals surface area contributed by atoms with Crippen LogP contribution < -0.4 is 10.5 Å². The molecule has 1 aromatic heterocycles. The molecule has 20 heavy (non-hydrogen) atoms. The second-order valence-corrected chi connectivity index (χ2v) is 7.54. The van der Waals surface area contributed by atoms with Crippen molar-refractivity contribution in [3.63, 3.8) is 0 Å². The summed E-state index contributed by atoms with van der Waals surface area (Å²) in [6, 6.07) is 6.88. The second kappa shape index (κ2) is 5.06. The normalized spacial score (nSPS) is 15.2. The van der Waals surface area contributed by atoms with Crippen molar-refractivity contribution in [3.05, 3.63) is 40.9 Å². The molecule has 1 heterocycles. The largest absolute Gasteiger partial charge is 0.399 e. The van der Waals surface area contributed by atoms with E-state index in [9.17, 15) is 8.42 Å². The van der Waals surface area contributed by atoms with Gasteiger partial charge in [-0.25, -0.2) is 13.4 Å². The summed E-state index contributed by atoms with van der Waals surface area (Å²) in [5, 5.41) is 2.37. The molecule has 0 saturated heterocycles. The zero-order chi connectivity index (χ0) is 14.2. The first-order valence-corrected chi connectivity index (χ1v) is 8.85. The summed E-state index contributed by atoms with van der Waals surface area (Å²) in [4.78, 5) is 4.32.